The van der Waals surface area contributed by atoms with Crippen LogP contribution in [0.2, 0.25) is 5.02 Å². The molecule has 1 amide bonds. The molecule has 0 spiro atoms. The Bertz CT molecular complexity index is 479. The summed E-state index contributed by atoms with van der Waals surface area (Å²) in [6.07, 6.45) is 10.3. The van der Waals surface area contributed by atoms with Crippen molar-refractivity contribution in [1.82, 2.24) is 9.88 Å². The molecule has 20 heavy (non-hydrogen) atoms. The molecule has 1 aliphatic carbocycles. The van der Waals surface area contributed by atoms with Crippen LogP contribution in [0.1, 0.15) is 37.7 Å². The summed E-state index contributed by atoms with van der Waals surface area (Å²) in [5.41, 5.74) is 0.882. The lowest BCUT2D eigenvalue weighted by molar-refractivity contribution is -0.132. The summed E-state index contributed by atoms with van der Waals surface area (Å²) in [5, 5.41) is 0.588. The third kappa shape index (κ3) is 2.98. The van der Waals surface area contributed by atoms with Crippen molar-refractivity contribution in [2.75, 3.05) is 13.1 Å². The molecule has 2 aliphatic rings. The first-order valence-electron chi connectivity index (χ1n) is 7.60. The van der Waals surface area contributed by atoms with E-state index in [2.05, 4.69) is 4.98 Å². The van der Waals surface area contributed by atoms with E-state index in [1.165, 1.54) is 32.1 Å². The van der Waals surface area contributed by atoms with E-state index in [1.54, 1.807) is 12.4 Å². The lowest BCUT2D eigenvalue weighted by Crippen LogP contribution is -2.41. The number of hydrogen-bond acceptors (Lipinski definition) is 2. The third-order valence-electron chi connectivity index (χ3n) is 4.91. The predicted octanol–water partition coefficient (Wildman–Crippen LogP) is 3.32. The molecular weight excluding hydrogens is 272 g/mol. The summed E-state index contributed by atoms with van der Waals surface area (Å²) < 4.78 is 0. The van der Waals surface area contributed by atoms with Gasteiger partial charge in [-0.15, -0.1) is 0 Å². The molecule has 0 bridgehead atoms. The number of amides is 1. The van der Waals surface area contributed by atoms with Crippen LogP contribution in [0.4, 0.5) is 0 Å². The Morgan fingerprint density at radius 2 is 1.95 bits per heavy atom. The van der Waals surface area contributed by atoms with Crippen molar-refractivity contribution in [3.05, 3.63) is 29.0 Å². The van der Waals surface area contributed by atoms with Crippen LogP contribution in [0, 0.1) is 11.8 Å². The summed E-state index contributed by atoms with van der Waals surface area (Å²) in [6.45, 7) is 1.84. The van der Waals surface area contributed by atoms with Crippen molar-refractivity contribution in [2.24, 2.45) is 11.8 Å². The second-order valence-corrected chi connectivity index (χ2v) is 6.46. The van der Waals surface area contributed by atoms with Crippen molar-refractivity contribution in [3.8, 4) is 0 Å². The smallest absolute Gasteiger partial charge is 0.227 e. The molecule has 2 heterocycles. The fraction of sp³-hybridized carbons (Fsp3) is 0.625. The molecule has 0 N–H and O–H groups in total. The summed E-state index contributed by atoms with van der Waals surface area (Å²) in [4.78, 5) is 18.3. The van der Waals surface area contributed by atoms with Gasteiger partial charge in [0.1, 0.15) is 0 Å². The highest BCUT2D eigenvalue weighted by atomic mass is 35.5. The summed E-state index contributed by atoms with van der Waals surface area (Å²) >= 11 is 6.07. The summed E-state index contributed by atoms with van der Waals surface area (Å²) in [6, 6.07) is 1.83. The fourth-order valence-corrected chi connectivity index (χ4v) is 3.54. The second-order valence-electron chi connectivity index (χ2n) is 6.05. The minimum Gasteiger partial charge on any atom is -0.342 e. The monoisotopic (exact) mass is 292 g/mol. The van der Waals surface area contributed by atoms with Crippen LogP contribution in [0.25, 0.3) is 0 Å². The Kier molecular flexibility index (Phi) is 4.25. The first-order valence-corrected chi connectivity index (χ1v) is 7.98. The van der Waals surface area contributed by atoms with Crippen LogP contribution in [0.15, 0.2) is 18.5 Å². The number of carbonyl (C=O) groups is 1. The average Bonchev–Trinajstić information content (AvgIpc) is 2.40. The van der Waals surface area contributed by atoms with Crippen molar-refractivity contribution >= 4 is 17.5 Å². The Morgan fingerprint density at radius 3 is 2.55 bits per heavy atom. The highest BCUT2D eigenvalue weighted by molar-refractivity contribution is 6.31. The Balaban J connectivity index is 1.52. The van der Waals surface area contributed by atoms with E-state index in [1.807, 2.05) is 11.0 Å². The van der Waals surface area contributed by atoms with Crippen molar-refractivity contribution < 1.29 is 4.79 Å². The van der Waals surface area contributed by atoms with Crippen LogP contribution in [-0.4, -0.2) is 28.9 Å². The first-order chi connectivity index (χ1) is 9.74. The Morgan fingerprint density at radius 1 is 1.25 bits per heavy atom. The van der Waals surface area contributed by atoms with Gasteiger partial charge in [-0.25, -0.2) is 0 Å². The van der Waals surface area contributed by atoms with Gasteiger partial charge in [0.15, 0.2) is 0 Å². The van der Waals surface area contributed by atoms with E-state index in [9.17, 15) is 4.79 Å². The van der Waals surface area contributed by atoms with Gasteiger partial charge >= 0.3 is 0 Å². The molecule has 0 radical (unpaired) electrons. The molecule has 0 aromatic carbocycles. The van der Waals surface area contributed by atoms with E-state index < -0.39 is 0 Å². The number of likely N-dealkylation sites (tertiary alicyclic amines) is 1. The van der Waals surface area contributed by atoms with Crippen LogP contribution in [0.3, 0.4) is 0 Å². The van der Waals surface area contributed by atoms with Gasteiger partial charge < -0.3 is 4.90 Å². The normalized spacial score (nSPS) is 20.8. The summed E-state index contributed by atoms with van der Waals surface area (Å²) in [5.74, 6) is 2.00. The zero-order valence-electron chi connectivity index (χ0n) is 11.7. The molecule has 4 heteroatoms. The number of rotatable bonds is 3. The maximum atomic E-state index is 12.3. The number of pyridine rings is 1. The molecule has 1 aromatic rings. The molecule has 108 valence electrons. The summed E-state index contributed by atoms with van der Waals surface area (Å²) in [7, 11) is 0. The zero-order chi connectivity index (χ0) is 13.9. The van der Waals surface area contributed by atoms with Crippen molar-refractivity contribution in [2.45, 2.75) is 38.5 Å². The zero-order valence-corrected chi connectivity index (χ0v) is 12.5. The molecule has 3 nitrogen and oxygen atoms in total. The van der Waals surface area contributed by atoms with Gasteiger partial charge in [-0.2, -0.15) is 0 Å². The van der Waals surface area contributed by atoms with Gasteiger partial charge in [-0.3, -0.25) is 9.78 Å². The lowest BCUT2D eigenvalue weighted by Gasteiger charge is -2.40. The van der Waals surface area contributed by atoms with Crippen LogP contribution >= 0.6 is 11.6 Å². The van der Waals surface area contributed by atoms with E-state index >= 15 is 0 Å². The van der Waals surface area contributed by atoms with Gasteiger partial charge in [-0.1, -0.05) is 30.9 Å². The number of carbonyl (C=O) groups excluding carboxylic acids is 1. The second kappa shape index (κ2) is 6.13. The maximum Gasteiger partial charge on any atom is 0.227 e. The molecule has 2 fully saturated rings. The first kappa shape index (κ1) is 13.9. The number of piperidine rings is 1. The molecule has 3 rings (SSSR count). The van der Waals surface area contributed by atoms with Crippen LogP contribution in [0.5, 0.6) is 0 Å². The van der Waals surface area contributed by atoms with E-state index in [0.29, 0.717) is 11.4 Å². The third-order valence-corrected chi connectivity index (χ3v) is 5.25. The molecule has 0 unspecified atom stereocenters. The molecule has 0 atom stereocenters. The molecule has 1 saturated heterocycles. The van der Waals surface area contributed by atoms with Gasteiger partial charge in [0, 0.05) is 25.5 Å². The number of nitrogens with zero attached hydrogens (tertiary/aromatic N) is 2. The highest BCUT2D eigenvalue weighted by Gasteiger charge is 2.31. The van der Waals surface area contributed by atoms with Gasteiger partial charge in [0.2, 0.25) is 5.91 Å². The van der Waals surface area contributed by atoms with Crippen molar-refractivity contribution in [3.63, 3.8) is 0 Å². The van der Waals surface area contributed by atoms with Gasteiger partial charge in [0.05, 0.1) is 11.4 Å². The quantitative estimate of drug-likeness (QED) is 0.856. The largest absolute Gasteiger partial charge is 0.342 e. The standard InChI is InChI=1S/C16H21ClN2O/c17-15-11-18-7-4-14(15)10-16(20)19-8-5-13(6-9-19)12-2-1-3-12/h4,7,11-13H,1-3,5-6,8-10H2. The van der Waals surface area contributed by atoms with E-state index in [4.69, 9.17) is 11.6 Å². The topological polar surface area (TPSA) is 33.2 Å². The molecule has 1 saturated carbocycles. The van der Waals surface area contributed by atoms with Gasteiger partial charge in [0.25, 0.3) is 0 Å². The molecule has 1 aromatic heterocycles. The highest BCUT2D eigenvalue weighted by Crippen LogP contribution is 2.38. The number of halogens is 1. The molecular formula is C16H21ClN2O. The number of hydrogen-bond donors (Lipinski definition) is 0. The van der Waals surface area contributed by atoms with Crippen LogP contribution in [-0.2, 0) is 11.2 Å². The molecule has 1 aliphatic heterocycles. The van der Waals surface area contributed by atoms with E-state index in [-0.39, 0.29) is 5.91 Å². The lowest BCUT2D eigenvalue weighted by atomic mass is 9.72. The minimum absolute atomic E-state index is 0.199. The van der Waals surface area contributed by atoms with Gasteiger partial charge in [-0.05, 0) is 36.3 Å². The SMILES string of the molecule is O=C(Cc1ccncc1Cl)N1CCC(C2CCC2)CC1. The Labute approximate surface area is 125 Å². The van der Waals surface area contributed by atoms with E-state index in [0.717, 1.165) is 30.5 Å². The minimum atomic E-state index is 0.199. The average molecular weight is 293 g/mol. The Hall–Kier alpha value is -1.09. The fourth-order valence-electron chi connectivity index (χ4n) is 3.35. The predicted molar refractivity (Wildman–Crippen MR) is 79.6 cm³/mol. The number of aromatic nitrogens is 1. The van der Waals surface area contributed by atoms with Crippen molar-refractivity contribution in [1.29, 1.82) is 0 Å². The van der Waals surface area contributed by atoms with Crippen LogP contribution < -0.4 is 0 Å². The maximum absolute atomic E-state index is 12.3.